The average Bonchev–Trinajstić information content (AvgIpc) is 3.15. The van der Waals surface area contributed by atoms with Crippen LogP contribution in [0, 0.1) is 0 Å². The molecule has 2 fully saturated rings. The zero-order valence-electron chi connectivity index (χ0n) is 15.9. The van der Waals surface area contributed by atoms with Crippen molar-refractivity contribution in [2.75, 3.05) is 59.0 Å². The van der Waals surface area contributed by atoms with Crippen LogP contribution in [0.2, 0.25) is 0 Å². The summed E-state index contributed by atoms with van der Waals surface area (Å²) in [5.74, 6) is 1.29. The molecule has 154 valence electrons. The maximum absolute atomic E-state index is 13.1. The number of fused-ring (bicyclic) bond motifs is 1. The smallest absolute Gasteiger partial charge is 0.242 e. The lowest BCUT2D eigenvalue weighted by Crippen LogP contribution is -2.61. The predicted octanol–water partition coefficient (Wildman–Crippen LogP) is -0.280. The number of ether oxygens (including phenoxy) is 3. The summed E-state index contributed by atoms with van der Waals surface area (Å²) in [4.78, 5) is 16.9. The lowest BCUT2D eigenvalue weighted by molar-refractivity contribution is -0.141. The Morgan fingerprint density at radius 3 is 2.61 bits per heavy atom. The van der Waals surface area contributed by atoms with Gasteiger partial charge in [0.05, 0.1) is 19.5 Å². The largest absolute Gasteiger partial charge is 0.454 e. The van der Waals surface area contributed by atoms with Crippen molar-refractivity contribution in [2.45, 2.75) is 12.6 Å². The van der Waals surface area contributed by atoms with Gasteiger partial charge in [-0.3, -0.25) is 9.69 Å². The fourth-order valence-corrected chi connectivity index (χ4v) is 4.89. The van der Waals surface area contributed by atoms with Gasteiger partial charge in [-0.05, 0) is 17.7 Å². The number of morpholine rings is 1. The van der Waals surface area contributed by atoms with Gasteiger partial charge in [0.15, 0.2) is 11.5 Å². The third kappa shape index (κ3) is 4.09. The van der Waals surface area contributed by atoms with Gasteiger partial charge in [-0.2, -0.15) is 4.31 Å². The molecular formula is C18H25N3O6S. The molecule has 0 N–H and O–H groups in total. The maximum atomic E-state index is 13.1. The van der Waals surface area contributed by atoms with Crippen LogP contribution in [-0.2, 0) is 26.1 Å². The van der Waals surface area contributed by atoms with Crippen molar-refractivity contribution in [3.63, 3.8) is 0 Å². The number of piperazine rings is 1. The van der Waals surface area contributed by atoms with Gasteiger partial charge in [0, 0.05) is 39.3 Å². The van der Waals surface area contributed by atoms with Crippen molar-refractivity contribution in [3.8, 4) is 11.5 Å². The lowest BCUT2D eigenvalue weighted by Gasteiger charge is -2.41. The van der Waals surface area contributed by atoms with E-state index in [2.05, 4.69) is 4.90 Å². The Morgan fingerprint density at radius 2 is 1.86 bits per heavy atom. The lowest BCUT2D eigenvalue weighted by atomic mass is 10.1. The van der Waals surface area contributed by atoms with Crippen molar-refractivity contribution < 1.29 is 27.4 Å². The van der Waals surface area contributed by atoms with Gasteiger partial charge in [-0.15, -0.1) is 0 Å². The van der Waals surface area contributed by atoms with E-state index in [0.717, 1.165) is 11.3 Å². The SMILES string of the molecule is CS(=O)(=O)N1CCN(Cc2ccc3c(c2)OCO3)CC1C(=O)N1CCOCC1. The Hall–Kier alpha value is -1.88. The van der Waals surface area contributed by atoms with Gasteiger partial charge in [0.1, 0.15) is 6.04 Å². The number of benzene rings is 1. The molecule has 0 radical (unpaired) electrons. The molecule has 0 spiro atoms. The predicted molar refractivity (Wildman–Crippen MR) is 101 cm³/mol. The van der Waals surface area contributed by atoms with Gasteiger partial charge < -0.3 is 19.1 Å². The summed E-state index contributed by atoms with van der Waals surface area (Å²) in [7, 11) is -3.47. The van der Waals surface area contributed by atoms with Crippen molar-refractivity contribution in [3.05, 3.63) is 23.8 Å². The number of rotatable bonds is 4. The molecule has 9 nitrogen and oxygen atoms in total. The number of carbonyl (C=O) groups is 1. The van der Waals surface area contributed by atoms with Crippen LogP contribution in [0.1, 0.15) is 5.56 Å². The molecule has 3 heterocycles. The number of hydrogen-bond donors (Lipinski definition) is 0. The summed E-state index contributed by atoms with van der Waals surface area (Å²) in [6.07, 6.45) is 1.17. The van der Waals surface area contributed by atoms with Crippen molar-refractivity contribution in [1.82, 2.24) is 14.1 Å². The molecule has 10 heteroatoms. The minimum atomic E-state index is -3.47. The highest BCUT2D eigenvalue weighted by Gasteiger charge is 2.39. The Bertz CT molecular complexity index is 840. The van der Waals surface area contributed by atoms with Gasteiger partial charge in [0.25, 0.3) is 0 Å². The molecule has 4 rings (SSSR count). The highest BCUT2D eigenvalue weighted by molar-refractivity contribution is 7.88. The van der Waals surface area contributed by atoms with Crippen molar-refractivity contribution >= 4 is 15.9 Å². The van der Waals surface area contributed by atoms with Crippen LogP contribution < -0.4 is 9.47 Å². The molecule has 0 aromatic heterocycles. The van der Waals surface area contributed by atoms with Gasteiger partial charge in [-0.1, -0.05) is 6.07 Å². The van der Waals surface area contributed by atoms with Crippen LogP contribution >= 0.6 is 0 Å². The van der Waals surface area contributed by atoms with Crippen LogP contribution in [0.5, 0.6) is 11.5 Å². The third-order valence-corrected chi connectivity index (χ3v) is 6.58. The second kappa shape index (κ2) is 7.86. The molecule has 0 aliphatic carbocycles. The first kappa shape index (κ1) is 19.4. The van der Waals surface area contributed by atoms with Crippen LogP contribution in [0.25, 0.3) is 0 Å². The third-order valence-electron chi connectivity index (χ3n) is 5.29. The minimum absolute atomic E-state index is 0.149. The fraction of sp³-hybridized carbons (Fsp3) is 0.611. The zero-order chi connectivity index (χ0) is 19.7. The van der Waals surface area contributed by atoms with E-state index in [9.17, 15) is 13.2 Å². The first-order valence-corrected chi connectivity index (χ1v) is 11.2. The Labute approximate surface area is 164 Å². The molecule has 28 heavy (non-hydrogen) atoms. The number of amides is 1. The quantitative estimate of drug-likeness (QED) is 0.673. The highest BCUT2D eigenvalue weighted by Crippen LogP contribution is 2.33. The summed E-state index contributed by atoms with van der Waals surface area (Å²) < 4.78 is 41.9. The second-order valence-corrected chi connectivity index (χ2v) is 9.18. The second-order valence-electron chi connectivity index (χ2n) is 7.25. The molecule has 1 aromatic rings. The number of carbonyl (C=O) groups excluding carboxylic acids is 1. The van der Waals surface area contributed by atoms with Crippen LogP contribution in [0.3, 0.4) is 0 Å². The highest BCUT2D eigenvalue weighted by atomic mass is 32.2. The van der Waals surface area contributed by atoms with Gasteiger partial charge in [-0.25, -0.2) is 8.42 Å². The van der Waals surface area contributed by atoms with Gasteiger partial charge >= 0.3 is 0 Å². The molecule has 1 atom stereocenters. The molecule has 2 saturated heterocycles. The molecule has 1 unspecified atom stereocenters. The zero-order valence-corrected chi connectivity index (χ0v) is 16.7. The summed E-state index contributed by atoms with van der Waals surface area (Å²) in [5.41, 5.74) is 1.04. The monoisotopic (exact) mass is 411 g/mol. The first-order chi connectivity index (χ1) is 13.4. The van der Waals surface area contributed by atoms with E-state index in [1.54, 1.807) is 4.90 Å². The Balaban J connectivity index is 1.49. The molecule has 1 amide bonds. The van der Waals surface area contributed by atoms with Crippen molar-refractivity contribution in [2.24, 2.45) is 0 Å². The van der Waals surface area contributed by atoms with E-state index in [1.165, 1.54) is 10.6 Å². The summed E-state index contributed by atoms with van der Waals surface area (Å²) in [6, 6.07) is 5.07. The van der Waals surface area contributed by atoms with E-state index in [4.69, 9.17) is 14.2 Å². The van der Waals surface area contributed by atoms with E-state index in [1.807, 2.05) is 18.2 Å². The average molecular weight is 411 g/mol. The molecule has 3 aliphatic heterocycles. The normalized spacial score (nSPS) is 23.8. The van der Waals surface area contributed by atoms with Crippen LogP contribution in [-0.4, -0.2) is 93.5 Å². The summed E-state index contributed by atoms with van der Waals surface area (Å²) in [5, 5.41) is 0. The molecule has 0 bridgehead atoms. The Kier molecular flexibility index (Phi) is 5.46. The Morgan fingerprint density at radius 1 is 1.11 bits per heavy atom. The van der Waals surface area contributed by atoms with Crippen molar-refractivity contribution in [1.29, 1.82) is 0 Å². The first-order valence-electron chi connectivity index (χ1n) is 9.36. The molecule has 3 aliphatic rings. The number of nitrogens with zero attached hydrogens (tertiary/aromatic N) is 3. The molecule has 0 saturated carbocycles. The van der Waals surface area contributed by atoms with Gasteiger partial charge in [0.2, 0.25) is 22.7 Å². The fourth-order valence-electron chi connectivity index (χ4n) is 3.86. The number of hydrogen-bond acceptors (Lipinski definition) is 7. The number of sulfonamides is 1. The van der Waals surface area contributed by atoms with E-state index < -0.39 is 16.1 Å². The topological polar surface area (TPSA) is 88.6 Å². The van der Waals surface area contributed by atoms with E-state index in [0.29, 0.717) is 58.2 Å². The summed E-state index contributed by atoms with van der Waals surface area (Å²) >= 11 is 0. The van der Waals surface area contributed by atoms with E-state index in [-0.39, 0.29) is 12.7 Å². The van der Waals surface area contributed by atoms with E-state index >= 15 is 0 Å². The summed E-state index contributed by atoms with van der Waals surface area (Å²) in [6.45, 7) is 4.01. The maximum Gasteiger partial charge on any atom is 0.242 e. The minimum Gasteiger partial charge on any atom is -0.454 e. The molecule has 1 aromatic carbocycles. The standard InChI is InChI=1S/C18H25N3O6S/c1-28(23,24)21-5-4-19(11-14-2-3-16-17(10-14)27-13-26-16)12-15(21)18(22)20-6-8-25-9-7-20/h2-3,10,15H,4-9,11-13H2,1H3. The van der Waals surface area contributed by atoms with Crippen LogP contribution in [0.4, 0.5) is 0 Å². The molecular weight excluding hydrogens is 386 g/mol. The van der Waals surface area contributed by atoms with Crippen LogP contribution in [0.15, 0.2) is 18.2 Å².